The molecule has 0 spiro atoms. The third-order valence-electron chi connectivity index (χ3n) is 4.68. The van der Waals surface area contributed by atoms with Crippen LogP contribution in [0.4, 0.5) is 5.69 Å². The van der Waals surface area contributed by atoms with Crippen molar-refractivity contribution in [2.24, 2.45) is 0 Å². The second-order valence-corrected chi connectivity index (χ2v) is 9.00. The van der Waals surface area contributed by atoms with Gasteiger partial charge in [0.2, 0.25) is 10.0 Å². The Labute approximate surface area is 165 Å². The van der Waals surface area contributed by atoms with Crippen LogP contribution >= 0.6 is 11.6 Å². The van der Waals surface area contributed by atoms with Crippen LogP contribution < -0.4 is 5.32 Å². The van der Waals surface area contributed by atoms with Crippen LogP contribution in [0.25, 0.3) is 0 Å². The predicted molar refractivity (Wildman–Crippen MR) is 108 cm³/mol. The van der Waals surface area contributed by atoms with E-state index in [2.05, 4.69) is 5.32 Å². The summed E-state index contributed by atoms with van der Waals surface area (Å²) in [5.41, 5.74) is 1.28. The summed E-state index contributed by atoms with van der Waals surface area (Å²) >= 11 is 5.83. The van der Waals surface area contributed by atoms with Crippen LogP contribution in [0, 0.1) is 0 Å². The molecule has 0 aromatic heterocycles. The Hall–Kier alpha value is -1.89. The number of anilines is 1. The van der Waals surface area contributed by atoms with E-state index in [0.29, 0.717) is 34.3 Å². The van der Waals surface area contributed by atoms with Gasteiger partial charge in [0.25, 0.3) is 0 Å². The SMILES string of the molecule is O=C(CNc1ccc(S(=O)(=O)N2CCCCCC2)cc1)c1ccc(Cl)cc1. The minimum Gasteiger partial charge on any atom is -0.378 e. The Morgan fingerprint density at radius 3 is 2.11 bits per heavy atom. The summed E-state index contributed by atoms with van der Waals surface area (Å²) in [7, 11) is -3.45. The van der Waals surface area contributed by atoms with Crippen molar-refractivity contribution in [1.29, 1.82) is 0 Å². The maximum absolute atomic E-state index is 12.8. The second kappa shape index (κ2) is 8.87. The molecule has 27 heavy (non-hydrogen) atoms. The zero-order valence-electron chi connectivity index (χ0n) is 15.0. The van der Waals surface area contributed by atoms with E-state index in [1.54, 1.807) is 52.8 Å². The number of rotatable bonds is 6. The zero-order valence-corrected chi connectivity index (χ0v) is 16.6. The molecular weight excluding hydrogens is 384 g/mol. The molecule has 2 aromatic carbocycles. The molecule has 1 N–H and O–H groups in total. The van der Waals surface area contributed by atoms with Crippen LogP contribution in [-0.4, -0.2) is 38.1 Å². The molecule has 3 rings (SSSR count). The lowest BCUT2D eigenvalue weighted by molar-refractivity contribution is 0.101. The molecule has 1 fully saturated rings. The number of carbonyl (C=O) groups is 1. The third-order valence-corrected chi connectivity index (χ3v) is 6.84. The van der Waals surface area contributed by atoms with Gasteiger partial charge in [0, 0.05) is 29.4 Å². The van der Waals surface area contributed by atoms with Gasteiger partial charge in [-0.2, -0.15) is 4.31 Å². The summed E-state index contributed by atoms with van der Waals surface area (Å²) in [6.07, 6.45) is 3.98. The number of nitrogens with one attached hydrogen (secondary N) is 1. The first-order valence-corrected chi connectivity index (χ1v) is 10.9. The maximum atomic E-state index is 12.8. The van der Waals surface area contributed by atoms with Crippen molar-refractivity contribution in [3.8, 4) is 0 Å². The van der Waals surface area contributed by atoms with Crippen LogP contribution in [0.1, 0.15) is 36.0 Å². The van der Waals surface area contributed by atoms with Gasteiger partial charge in [-0.3, -0.25) is 4.79 Å². The molecule has 7 heteroatoms. The molecule has 1 aliphatic rings. The first-order chi connectivity index (χ1) is 13.0. The molecule has 1 aliphatic heterocycles. The van der Waals surface area contributed by atoms with Gasteiger partial charge in [-0.05, 0) is 61.4 Å². The van der Waals surface area contributed by atoms with Gasteiger partial charge < -0.3 is 5.32 Å². The first-order valence-electron chi connectivity index (χ1n) is 9.10. The molecule has 144 valence electrons. The molecule has 0 atom stereocenters. The summed E-state index contributed by atoms with van der Waals surface area (Å²) in [5.74, 6) is -0.0621. The molecule has 0 amide bonds. The molecule has 0 bridgehead atoms. The van der Waals surface area contributed by atoms with Gasteiger partial charge in [0.1, 0.15) is 0 Å². The number of hydrogen-bond donors (Lipinski definition) is 1. The minimum absolute atomic E-state index is 0.0621. The smallest absolute Gasteiger partial charge is 0.243 e. The number of Topliss-reactive ketones (excluding diaryl/α,β-unsaturated/α-hetero) is 1. The van der Waals surface area contributed by atoms with Crippen LogP contribution in [0.15, 0.2) is 53.4 Å². The molecular formula is C20H23ClN2O3S. The Kier molecular flexibility index (Phi) is 6.52. The molecule has 1 saturated heterocycles. The highest BCUT2D eigenvalue weighted by Gasteiger charge is 2.24. The quantitative estimate of drug-likeness (QED) is 0.730. The third kappa shape index (κ3) is 5.09. The largest absolute Gasteiger partial charge is 0.378 e. The van der Waals surface area contributed by atoms with Gasteiger partial charge in [-0.25, -0.2) is 8.42 Å². The molecule has 2 aromatic rings. The summed E-state index contributed by atoms with van der Waals surface area (Å²) in [6, 6.07) is 13.3. The molecule has 0 aliphatic carbocycles. The number of carbonyl (C=O) groups excluding carboxylic acids is 1. The fourth-order valence-corrected chi connectivity index (χ4v) is 4.74. The second-order valence-electron chi connectivity index (χ2n) is 6.63. The Morgan fingerprint density at radius 2 is 1.52 bits per heavy atom. The van der Waals surface area contributed by atoms with Crippen molar-refractivity contribution in [2.45, 2.75) is 30.6 Å². The van der Waals surface area contributed by atoms with Gasteiger partial charge in [0.15, 0.2) is 5.78 Å². The standard InChI is InChI=1S/C20H23ClN2O3S/c21-17-7-5-16(6-8-17)20(24)15-22-18-9-11-19(12-10-18)27(25,26)23-13-3-1-2-4-14-23/h5-12,22H,1-4,13-15H2. The van der Waals surface area contributed by atoms with E-state index in [1.807, 2.05) is 0 Å². The first kappa shape index (κ1) is 19.9. The lowest BCUT2D eigenvalue weighted by Crippen LogP contribution is -2.31. The fraction of sp³-hybridized carbons (Fsp3) is 0.350. The number of benzene rings is 2. The highest BCUT2D eigenvalue weighted by Crippen LogP contribution is 2.22. The Balaban J connectivity index is 1.62. The van der Waals surface area contributed by atoms with E-state index >= 15 is 0 Å². The van der Waals surface area contributed by atoms with Crippen molar-refractivity contribution in [3.05, 3.63) is 59.1 Å². The molecule has 5 nitrogen and oxygen atoms in total. The topological polar surface area (TPSA) is 66.5 Å². The minimum atomic E-state index is -3.45. The van der Waals surface area contributed by atoms with Crippen LogP contribution in [0.2, 0.25) is 5.02 Å². The highest BCUT2D eigenvalue weighted by atomic mass is 35.5. The number of sulfonamides is 1. The van der Waals surface area contributed by atoms with Crippen LogP contribution in [0.5, 0.6) is 0 Å². The summed E-state index contributed by atoms with van der Waals surface area (Å²) in [5, 5.41) is 3.62. The van der Waals surface area contributed by atoms with Crippen molar-refractivity contribution >= 4 is 33.1 Å². The monoisotopic (exact) mass is 406 g/mol. The van der Waals surface area contributed by atoms with Crippen LogP contribution in [-0.2, 0) is 10.0 Å². The van der Waals surface area contributed by atoms with Crippen molar-refractivity contribution in [2.75, 3.05) is 25.0 Å². The number of halogens is 1. The fourth-order valence-electron chi connectivity index (χ4n) is 3.10. The number of ketones is 1. The lowest BCUT2D eigenvalue weighted by Gasteiger charge is -2.20. The van der Waals surface area contributed by atoms with E-state index in [0.717, 1.165) is 25.7 Å². The average Bonchev–Trinajstić information content (AvgIpc) is 2.97. The van der Waals surface area contributed by atoms with Gasteiger partial charge in [-0.15, -0.1) is 0 Å². The molecule has 0 radical (unpaired) electrons. The van der Waals surface area contributed by atoms with E-state index in [4.69, 9.17) is 11.6 Å². The zero-order chi connectivity index (χ0) is 19.3. The summed E-state index contributed by atoms with van der Waals surface area (Å²) < 4.78 is 27.1. The number of nitrogens with zero attached hydrogens (tertiary/aromatic N) is 1. The van der Waals surface area contributed by atoms with Crippen molar-refractivity contribution in [3.63, 3.8) is 0 Å². The maximum Gasteiger partial charge on any atom is 0.243 e. The van der Waals surface area contributed by atoms with Gasteiger partial charge in [-0.1, -0.05) is 24.4 Å². The van der Waals surface area contributed by atoms with Gasteiger partial charge >= 0.3 is 0 Å². The Morgan fingerprint density at radius 1 is 0.926 bits per heavy atom. The molecule has 0 unspecified atom stereocenters. The lowest BCUT2D eigenvalue weighted by atomic mass is 10.1. The highest BCUT2D eigenvalue weighted by molar-refractivity contribution is 7.89. The normalized spacial score (nSPS) is 15.9. The van der Waals surface area contributed by atoms with E-state index in [1.165, 1.54) is 0 Å². The predicted octanol–water partition coefficient (Wildman–Crippen LogP) is 4.20. The molecule has 0 saturated carbocycles. The van der Waals surface area contributed by atoms with E-state index in [9.17, 15) is 13.2 Å². The number of hydrogen-bond acceptors (Lipinski definition) is 4. The summed E-state index contributed by atoms with van der Waals surface area (Å²) in [6.45, 7) is 1.29. The summed E-state index contributed by atoms with van der Waals surface area (Å²) in [4.78, 5) is 12.5. The molecule has 1 heterocycles. The van der Waals surface area contributed by atoms with E-state index in [-0.39, 0.29) is 12.3 Å². The van der Waals surface area contributed by atoms with E-state index < -0.39 is 10.0 Å². The van der Waals surface area contributed by atoms with Crippen molar-refractivity contribution in [1.82, 2.24) is 4.31 Å². The van der Waals surface area contributed by atoms with Gasteiger partial charge in [0.05, 0.1) is 11.4 Å². The van der Waals surface area contributed by atoms with Crippen LogP contribution in [0.3, 0.4) is 0 Å². The average molecular weight is 407 g/mol. The Bertz CT molecular complexity index is 872. The van der Waals surface area contributed by atoms with Crippen molar-refractivity contribution < 1.29 is 13.2 Å².